The van der Waals surface area contributed by atoms with E-state index in [4.69, 9.17) is 5.73 Å². The lowest BCUT2D eigenvalue weighted by Crippen LogP contribution is -2.59. The first kappa shape index (κ1) is 32.7. The van der Waals surface area contributed by atoms with E-state index in [2.05, 4.69) is 45.3 Å². The van der Waals surface area contributed by atoms with Crippen molar-refractivity contribution in [2.24, 2.45) is 58.0 Å². The first-order valence-electron chi connectivity index (χ1n) is 18.0. The molecule has 40 heavy (non-hydrogen) atoms. The fourth-order valence-corrected chi connectivity index (χ4v) is 10.8. The second-order valence-corrected chi connectivity index (χ2v) is 16.1. The Morgan fingerprint density at radius 3 is 2.27 bits per heavy atom. The van der Waals surface area contributed by atoms with Gasteiger partial charge in [-0.05, 0) is 149 Å². The van der Waals surface area contributed by atoms with E-state index in [0.717, 1.165) is 62.2 Å². The first-order valence-corrected chi connectivity index (χ1v) is 18.0. The number of hydrogen-bond donors (Lipinski definition) is 4. The maximum Gasteiger partial charge on any atom is 0.0577 e. The number of fused-ring (bicyclic) bond motifs is 5. The van der Waals surface area contributed by atoms with Crippen molar-refractivity contribution in [3.63, 3.8) is 0 Å². The summed E-state index contributed by atoms with van der Waals surface area (Å²) in [6.45, 7) is 16.8. The highest BCUT2D eigenvalue weighted by Crippen LogP contribution is 2.68. The molecule has 0 heterocycles. The smallest absolute Gasteiger partial charge is 0.0577 e. The van der Waals surface area contributed by atoms with Crippen molar-refractivity contribution in [1.29, 1.82) is 0 Å². The third kappa shape index (κ3) is 7.48. The monoisotopic (exact) mass is 560 g/mol. The van der Waals surface area contributed by atoms with Crippen LogP contribution in [0.15, 0.2) is 0 Å². The minimum Gasteiger partial charge on any atom is -0.393 e. The molecule has 0 saturated heterocycles. The molecule has 0 bridgehead atoms. The quantitative estimate of drug-likeness (QED) is 0.148. The van der Waals surface area contributed by atoms with Gasteiger partial charge >= 0.3 is 0 Å². The lowest BCUT2D eigenvalue weighted by Gasteiger charge is -2.62. The predicted octanol–water partition coefficient (Wildman–Crippen LogP) is 7.54. The third-order valence-electron chi connectivity index (χ3n) is 13.2. The van der Waals surface area contributed by atoms with Gasteiger partial charge in [-0.1, -0.05) is 66.7 Å². The fourth-order valence-electron chi connectivity index (χ4n) is 10.8. The number of rotatable bonds is 16. The summed E-state index contributed by atoms with van der Waals surface area (Å²) in [5.74, 6) is 5.28. The number of nitrogens with one attached hydrogen (secondary N) is 2. The molecule has 4 heteroatoms. The maximum absolute atomic E-state index is 11.8. The van der Waals surface area contributed by atoms with Crippen molar-refractivity contribution < 1.29 is 5.11 Å². The van der Waals surface area contributed by atoms with Gasteiger partial charge in [0.15, 0.2) is 0 Å². The van der Waals surface area contributed by atoms with E-state index >= 15 is 0 Å². The summed E-state index contributed by atoms with van der Waals surface area (Å²) in [6.07, 6.45) is 20.9. The van der Waals surface area contributed by atoms with Crippen LogP contribution in [0.5, 0.6) is 0 Å². The van der Waals surface area contributed by atoms with E-state index in [1.54, 1.807) is 0 Å². The van der Waals surface area contributed by atoms with E-state index in [0.29, 0.717) is 28.7 Å². The molecule has 0 aromatic carbocycles. The summed E-state index contributed by atoms with van der Waals surface area (Å²) in [7, 11) is 0. The van der Waals surface area contributed by atoms with Gasteiger partial charge in [0.25, 0.3) is 0 Å². The van der Waals surface area contributed by atoms with Crippen molar-refractivity contribution in [2.75, 3.05) is 26.2 Å². The van der Waals surface area contributed by atoms with E-state index < -0.39 is 0 Å². The molecule has 4 saturated carbocycles. The van der Waals surface area contributed by atoms with Gasteiger partial charge in [0.1, 0.15) is 0 Å². The van der Waals surface area contributed by atoms with Crippen molar-refractivity contribution >= 4 is 0 Å². The van der Waals surface area contributed by atoms with Crippen LogP contribution in [0.3, 0.4) is 0 Å². The number of aliphatic hydroxyl groups is 1. The summed E-state index contributed by atoms with van der Waals surface area (Å²) in [5.41, 5.74) is 6.48. The molecule has 0 aliphatic heterocycles. The summed E-state index contributed by atoms with van der Waals surface area (Å²) in [5, 5.41) is 19.3. The Kier molecular flexibility index (Phi) is 12.3. The maximum atomic E-state index is 11.8. The van der Waals surface area contributed by atoms with Gasteiger partial charge in [-0.25, -0.2) is 0 Å². The molecule has 234 valence electrons. The summed E-state index contributed by atoms with van der Waals surface area (Å²) in [4.78, 5) is 0. The number of hydrogen-bond acceptors (Lipinski definition) is 4. The Labute approximate surface area is 249 Å². The largest absolute Gasteiger partial charge is 0.393 e. The Hall–Kier alpha value is -0.160. The molecule has 5 N–H and O–H groups in total. The second kappa shape index (κ2) is 15.0. The van der Waals surface area contributed by atoms with Crippen LogP contribution >= 0.6 is 0 Å². The van der Waals surface area contributed by atoms with Gasteiger partial charge in [-0.15, -0.1) is 0 Å². The van der Waals surface area contributed by atoms with E-state index in [1.807, 2.05) is 0 Å². The van der Waals surface area contributed by atoms with Gasteiger partial charge in [0.2, 0.25) is 0 Å². The normalized spacial score (nSPS) is 40.0. The second-order valence-electron chi connectivity index (χ2n) is 16.1. The average Bonchev–Trinajstić information content (AvgIpc) is 3.27. The summed E-state index contributed by atoms with van der Waals surface area (Å²) in [6, 6.07) is 0.648. The van der Waals surface area contributed by atoms with E-state index in [9.17, 15) is 5.11 Å². The van der Waals surface area contributed by atoms with Gasteiger partial charge in [-0.3, -0.25) is 0 Å². The van der Waals surface area contributed by atoms with Crippen LogP contribution in [-0.4, -0.2) is 43.4 Å². The Morgan fingerprint density at radius 1 is 0.775 bits per heavy atom. The minimum atomic E-state index is -0.0736. The van der Waals surface area contributed by atoms with Gasteiger partial charge < -0.3 is 21.5 Å². The highest BCUT2D eigenvalue weighted by molar-refractivity contribution is 5.12. The average molecular weight is 560 g/mol. The standard InChI is InChI=1S/C36H69N3O/c1-26(2)12-10-13-27(3)30-14-15-31-34-32(17-19-36(30,31)5)35(4)18-16-29(24-28(35)25-33(34)40)39-23-11-22-38-21-9-7-6-8-20-37/h26-34,38-40H,6-25,37H2,1-5H3/t27-,28+,29-,30-,31?,32?,33-,34?,35+,36-/m1/s1. The van der Waals surface area contributed by atoms with Crippen molar-refractivity contribution in [3.8, 4) is 0 Å². The number of unbranched alkanes of at least 4 members (excludes halogenated alkanes) is 3. The molecule has 0 amide bonds. The van der Waals surface area contributed by atoms with Crippen LogP contribution in [0.4, 0.5) is 0 Å². The first-order chi connectivity index (χ1) is 19.2. The molecule has 3 unspecified atom stereocenters. The van der Waals surface area contributed by atoms with E-state index in [-0.39, 0.29) is 6.10 Å². The van der Waals surface area contributed by atoms with Crippen LogP contribution in [-0.2, 0) is 0 Å². The highest BCUT2D eigenvalue weighted by Gasteiger charge is 2.62. The molecule has 4 aliphatic rings. The van der Waals surface area contributed by atoms with Crippen molar-refractivity contribution in [3.05, 3.63) is 0 Å². The number of nitrogens with two attached hydrogens (primary N) is 1. The molecule has 4 aliphatic carbocycles. The van der Waals surface area contributed by atoms with Gasteiger partial charge in [0, 0.05) is 6.04 Å². The van der Waals surface area contributed by atoms with Crippen LogP contribution < -0.4 is 16.4 Å². The van der Waals surface area contributed by atoms with Crippen LogP contribution in [0.25, 0.3) is 0 Å². The fraction of sp³-hybridized carbons (Fsp3) is 1.00. The molecule has 0 radical (unpaired) electrons. The molecule has 4 rings (SSSR count). The summed E-state index contributed by atoms with van der Waals surface area (Å²) < 4.78 is 0. The van der Waals surface area contributed by atoms with Crippen molar-refractivity contribution in [1.82, 2.24) is 10.6 Å². The lowest BCUT2D eigenvalue weighted by atomic mass is 9.43. The molecular weight excluding hydrogens is 490 g/mol. The molecule has 0 aromatic rings. The molecule has 4 fully saturated rings. The third-order valence-corrected chi connectivity index (χ3v) is 13.2. The number of aliphatic hydroxyl groups excluding tert-OH is 1. The molecule has 0 aromatic heterocycles. The van der Waals surface area contributed by atoms with Crippen LogP contribution in [0.2, 0.25) is 0 Å². The zero-order chi connectivity index (χ0) is 28.8. The van der Waals surface area contributed by atoms with Crippen LogP contribution in [0.1, 0.15) is 137 Å². The zero-order valence-electron chi connectivity index (χ0n) is 27.4. The Morgan fingerprint density at radius 2 is 1.50 bits per heavy atom. The van der Waals surface area contributed by atoms with Gasteiger partial charge in [0.05, 0.1) is 6.10 Å². The highest BCUT2D eigenvalue weighted by atomic mass is 16.3. The zero-order valence-corrected chi connectivity index (χ0v) is 27.4. The van der Waals surface area contributed by atoms with Crippen LogP contribution in [0, 0.1) is 52.3 Å². The topological polar surface area (TPSA) is 70.3 Å². The van der Waals surface area contributed by atoms with Crippen molar-refractivity contribution in [2.45, 2.75) is 149 Å². The Balaban J connectivity index is 1.24. The molecular formula is C36H69N3O. The summed E-state index contributed by atoms with van der Waals surface area (Å²) >= 11 is 0. The Bertz CT molecular complexity index is 744. The molecule has 0 spiro atoms. The SMILES string of the molecule is CC(C)CCC[C@@H](C)[C@H]1CCC2C3C(CC[C@@]21C)[C@@]1(C)CC[C@@H](NCCCNCCCCCCN)C[C@H]1C[C@H]3O. The lowest BCUT2D eigenvalue weighted by molar-refractivity contribution is -0.167. The minimum absolute atomic E-state index is 0.0736. The molecule has 10 atom stereocenters. The molecule has 4 nitrogen and oxygen atoms in total. The van der Waals surface area contributed by atoms with Gasteiger partial charge in [-0.2, -0.15) is 0 Å². The predicted molar refractivity (Wildman–Crippen MR) is 171 cm³/mol. The van der Waals surface area contributed by atoms with E-state index in [1.165, 1.54) is 96.3 Å².